The van der Waals surface area contributed by atoms with Crippen LogP contribution in [0.2, 0.25) is 0 Å². The molecule has 58 valence electrons. The third-order valence-corrected chi connectivity index (χ3v) is 2.36. The van der Waals surface area contributed by atoms with E-state index in [1.807, 2.05) is 0 Å². The molecule has 1 aromatic rings. The molecule has 0 aliphatic carbocycles. The lowest BCUT2D eigenvalue weighted by Crippen LogP contribution is -1.99. The second-order valence-electron chi connectivity index (χ2n) is 2.84. The highest BCUT2D eigenvalue weighted by molar-refractivity contribution is 6.17. The summed E-state index contributed by atoms with van der Waals surface area (Å²) in [6, 6.07) is 6.44. The van der Waals surface area contributed by atoms with E-state index in [1.165, 1.54) is 16.7 Å². The predicted octanol–water partition coefficient (Wildman–Crippen LogP) is 2.03. The van der Waals surface area contributed by atoms with Crippen molar-refractivity contribution < 1.29 is 0 Å². The standard InChI is InChI=1S/C9H10ClN/c10-4-7-1-2-8-5-11-6-9(8)3-7/h1-3,11H,4-6H2. The molecule has 1 aliphatic heterocycles. The van der Waals surface area contributed by atoms with Crippen LogP contribution in [0.3, 0.4) is 0 Å². The average Bonchev–Trinajstić information content (AvgIpc) is 2.50. The highest BCUT2D eigenvalue weighted by atomic mass is 35.5. The van der Waals surface area contributed by atoms with Gasteiger partial charge in [-0.1, -0.05) is 18.2 Å². The summed E-state index contributed by atoms with van der Waals surface area (Å²) in [5.74, 6) is 0.618. The van der Waals surface area contributed by atoms with E-state index in [0.29, 0.717) is 5.88 Å². The van der Waals surface area contributed by atoms with Crippen molar-refractivity contribution in [1.29, 1.82) is 0 Å². The lowest BCUT2D eigenvalue weighted by atomic mass is 10.1. The molecule has 1 aliphatic rings. The van der Waals surface area contributed by atoms with Crippen LogP contribution in [-0.2, 0) is 19.0 Å². The Morgan fingerprint density at radius 3 is 2.91 bits per heavy atom. The molecule has 2 rings (SSSR count). The molecule has 1 aromatic carbocycles. The molecule has 0 radical (unpaired) electrons. The Hall–Kier alpha value is -0.530. The van der Waals surface area contributed by atoms with Crippen molar-refractivity contribution in [3.63, 3.8) is 0 Å². The third kappa shape index (κ3) is 1.26. The van der Waals surface area contributed by atoms with Crippen LogP contribution in [0.4, 0.5) is 0 Å². The fourth-order valence-corrected chi connectivity index (χ4v) is 1.60. The SMILES string of the molecule is ClCc1ccc2c(c1)CNC2. The van der Waals surface area contributed by atoms with Crippen molar-refractivity contribution >= 4 is 11.6 Å². The first-order chi connectivity index (χ1) is 5.40. The molecular weight excluding hydrogens is 158 g/mol. The first-order valence-corrected chi connectivity index (χ1v) is 4.31. The molecule has 0 atom stereocenters. The van der Waals surface area contributed by atoms with Crippen molar-refractivity contribution in [2.24, 2.45) is 0 Å². The minimum atomic E-state index is 0.618. The van der Waals surface area contributed by atoms with E-state index in [9.17, 15) is 0 Å². The number of halogens is 1. The minimum absolute atomic E-state index is 0.618. The Bertz CT molecular complexity index is 270. The molecule has 1 N–H and O–H groups in total. The summed E-state index contributed by atoms with van der Waals surface area (Å²) in [7, 11) is 0. The van der Waals surface area contributed by atoms with Gasteiger partial charge in [0, 0.05) is 19.0 Å². The van der Waals surface area contributed by atoms with Gasteiger partial charge >= 0.3 is 0 Å². The Labute approximate surface area is 71.4 Å². The molecule has 1 nitrogen and oxygen atoms in total. The Kier molecular flexibility index (Phi) is 1.84. The summed E-state index contributed by atoms with van der Waals surface area (Å²) in [4.78, 5) is 0. The first-order valence-electron chi connectivity index (χ1n) is 3.77. The number of benzene rings is 1. The van der Waals surface area contributed by atoms with E-state index < -0.39 is 0 Å². The summed E-state index contributed by atoms with van der Waals surface area (Å²) >= 11 is 5.71. The first kappa shape index (κ1) is 7.14. The van der Waals surface area contributed by atoms with Gasteiger partial charge in [0.25, 0.3) is 0 Å². The van der Waals surface area contributed by atoms with Gasteiger partial charge in [-0.25, -0.2) is 0 Å². The summed E-state index contributed by atoms with van der Waals surface area (Å²) in [6.07, 6.45) is 0. The molecular formula is C9H10ClN. The van der Waals surface area contributed by atoms with Gasteiger partial charge in [-0.15, -0.1) is 11.6 Å². The largest absolute Gasteiger partial charge is 0.309 e. The molecule has 0 unspecified atom stereocenters. The molecule has 2 heteroatoms. The fraction of sp³-hybridized carbons (Fsp3) is 0.333. The maximum absolute atomic E-state index is 5.71. The van der Waals surface area contributed by atoms with E-state index in [0.717, 1.165) is 13.1 Å². The molecule has 0 saturated carbocycles. The maximum Gasteiger partial charge on any atom is 0.0474 e. The Balaban J connectivity index is 2.41. The van der Waals surface area contributed by atoms with E-state index in [-0.39, 0.29) is 0 Å². The van der Waals surface area contributed by atoms with Crippen molar-refractivity contribution in [2.45, 2.75) is 19.0 Å². The van der Waals surface area contributed by atoms with Crippen LogP contribution in [0.25, 0.3) is 0 Å². The minimum Gasteiger partial charge on any atom is -0.309 e. The van der Waals surface area contributed by atoms with Gasteiger partial charge in [0.1, 0.15) is 0 Å². The molecule has 11 heavy (non-hydrogen) atoms. The van der Waals surface area contributed by atoms with Crippen LogP contribution in [-0.4, -0.2) is 0 Å². The second-order valence-corrected chi connectivity index (χ2v) is 3.11. The monoisotopic (exact) mass is 167 g/mol. The zero-order chi connectivity index (χ0) is 7.68. The van der Waals surface area contributed by atoms with Crippen molar-refractivity contribution in [1.82, 2.24) is 5.32 Å². The molecule has 0 spiro atoms. The topological polar surface area (TPSA) is 12.0 Å². The maximum atomic E-state index is 5.71. The van der Waals surface area contributed by atoms with Gasteiger partial charge in [0.15, 0.2) is 0 Å². The van der Waals surface area contributed by atoms with Crippen molar-refractivity contribution in [2.75, 3.05) is 0 Å². The van der Waals surface area contributed by atoms with Gasteiger partial charge < -0.3 is 5.32 Å². The average molecular weight is 168 g/mol. The second kappa shape index (κ2) is 2.84. The number of rotatable bonds is 1. The van der Waals surface area contributed by atoms with Crippen LogP contribution >= 0.6 is 11.6 Å². The van der Waals surface area contributed by atoms with Crippen LogP contribution in [0.1, 0.15) is 16.7 Å². The number of hydrogen-bond donors (Lipinski definition) is 1. The summed E-state index contributed by atoms with van der Waals surface area (Å²) < 4.78 is 0. The normalized spacial score (nSPS) is 15.0. The summed E-state index contributed by atoms with van der Waals surface area (Å²) in [5.41, 5.74) is 4.04. The Morgan fingerprint density at radius 1 is 1.27 bits per heavy atom. The predicted molar refractivity (Wildman–Crippen MR) is 46.5 cm³/mol. The van der Waals surface area contributed by atoms with Crippen LogP contribution < -0.4 is 5.32 Å². The van der Waals surface area contributed by atoms with Crippen LogP contribution in [0, 0.1) is 0 Å². The van der Waals surface area contributed by atoms with Gasteiger partial charge in [-0.2, -0.15) is 0 Å². The van der Waals surface area contributed by atoms with Crippen LogP contribution in [0.5, 0.6) is 0 Å². The van der Waals surface area contributed by atoms with Gasteiger partial charge in [0.2, 0.25) is 0 Å². The van der Waals surface area contributed by atoms with Crippen molar-refractivity contribution in [3.05, 3.63) is 34.9 Å². The zero-order valence-corrected chi connectivity index (χ0v) is 6.99. The molecule has 0 amide bonds. The molecule has 0 fully saturated rings. The highest BCUT2D eigenvalue weighted by Crippen LogP contribution is 2.17. The van der Waals surface area contributed by atoms with Gasteiger partial charge in [-0.3, -0.25) is 0 Å². The quantitative estimate of drug-likeness (QED) is 0.632. The number of hydrogen-bond acceptors (Lipinski definition) is 1. The highest BCUT2D eigenvalue weighted by Gasteiger charge is 2.08. The Morgan fingerprint density at radius 2 is 2.09 bits per heavy atom. The lowest BCUT2D eigenvalue weighted by molar-refractivity contribution is 0.764. The van der Waals surface area contributed by atoms with E-state index >= 15 is 0 Å². The smallest absolute Gasteiger partial charge is 0.0474 e. The summed E-state index contributed by atoms with van der Waals surface area (Å²) in [6.45, 7) is 2.01. The van der Waals surface area contributed by atoms with E-state index in [1.54, 1.807) is 0 Å². The van der Waals surface area contributed by atoms with Crippen molar-refractivity contribution in [3.8, 4) is 0 Å². The third-order valence-electron chi connectivity index (χ3n) is 2.06. The number of fused-ring (bicyclic) bond motifs is 1. The number of alkyl halides is 1. The van der Waals surface area contributed by atoms with Gasteiger partial charge in [0.05, 0.1) is 0 Å². The molecule has 0 bridgehead atoms. The number of nitrogens with one attached hydrogen (secondary N) is 1. The fourth-order valence-electron chi connectivity index (χ4n) is 1.43. The summed E-state index contributed by atoms with van der Waals surface area (Å²) in [5, 5.41) is 3.30. The van der Waals surface area contributed by atoms with Gasteiger partial charge in [-0.05, 0) is 16.7 Å². The van der Waals surface area contributed by atoms with E-state index in [4.69, 9.17) is 11.6 Å². The molecule has 0 saturated heterocycles. The van der Waals surface area contributed by atoms with Crippen LogP contribution in [0.15, 0.2) is 18.2 Å². The van der Waals surface area contributed by atoms with E-state index in [2.05, 4.69) is 23.5 Å². The molecule has 1 heterocycles. The molecule has 0 aromatic heterocycles. The zero-order valence-electron chi connectivity index (χ0n) is 6.23. The lowest BCUT2D eigenvalue weighted by Gasteiger charge is -1.99.